The first kappa shape index (κ1) is 18.3. The average molecular weight is 347 g/mol. The zero-order chi connectivity index (χ0) is 17.0. The van der Waals surface area contributed by atoms with E-state index in [4.69, 9.17) is 16.3 Å². The number of nitrogens with zero attached hydrogens (tertiary/aromatic N) is 1. The van der Waals surface area contributed by atoms with Gasteiger partial charge in [0, 0.05) is 32.1 Å². The Morgan fingerprint density at radius 3 is 2.21 bits per heavy atom. The van der Waals surface area contributed by atoms with E-state index in [1.807, 2.05) is 48.5 Å². The Balaban J connectivity index is 1.69. The standard InChI is InChI=1S/C19H23ClN2O2/c20-11-13-22(15-17-7-3-1-4-8-17)14-12-21-19(23)24-16-18-9-5-2-6-10-18/h1-10H,11-16H2,(H,21,23). The minimum Gasteiger partial charge on any atom is -0.445 e. The number of alkyl carbamates (subject to hydrolysis) is 1. The lowest BCUT2D eigenvalue weighted by Crippen LogP contribution is -2.35. The van der Waals surface area contributed by atoms with Gasteiger partial charge in [-0.15, -0.1) is 11.6 Å². The first-order valence-electron chi connectivity index (χ1n) is 8.04. The number of benzene rings is 2. The summed E-state index contributed by atoms with van der Waals surface area (Å²) in [5.41, 5.74) is 2.20. The number of amides is 1. The predicted octanol–water partition coefficient (Wildman–Crippen LogP) is 3.65. The van der Waals surface area contributed by atoms with Crippen LogP contribution in [0, 0.1) is 0 Å². The second-order valence-electron chi connectivity index (χ2n) is 5.44. The number of nitrogens with one attached hydrogen (secondary N) is 1. The highest BCUT2D eigenvalue weighted by molar-refractivity contribution is 6.18. The normalized spacial score (nSPS) is 10.6. The van der Waals surface area contributed by atoms with Crippen molar-refractivity contribution in [2.75, 3.05) is 25.5 Å². The van der Waals surface area contributed by atoms with Crippen LogP contribution in [0.4, 0.5) is 4.79 Å². The molecular weight excluding hydrogens is 324 g/mol. The Morgan fingerprint density at radius 1 is 0.958 bits per heavy atom. The summed E-state index contributed by atoms with van der Waals surface area (Å²) in [5.74, 6) is 0.561. The minimum absolute atomic E-state index is 0.280. The van der Waals surface area contributed by atoms with Gasteiger partial charge in [0.15, 0.2) is 0 Å². The molecule has 0 unspecified atom stereocenters. The topological polar surface area (TPSA) is 41.6 Å². The molecule has 0 bridgehead atoms. The van der Waals surface area contributed by atoms with Crippen molar-refractivity contribution in [1.82, 2.24) is 10.2 Å². The summed E-state index contributed by atoms with van der Waals surface area (Å²) in [4.78, 5) is 13.9. The van der Waals surface area contributed by atoms with E-state index in [0.717, 1.165) is 25.2 Å². The Hall–Kier alpha value is -2.04. The van der Waals surface area contributed by atoms with E-state index in [0.29, 0.717) is 12.4 Å². The van der Waals surface area contributed by atoms with Gasteiger partial charge in [-0.25, -0.2) is 4.79 Å². The maximum absolute atomic E-state index is 11.7. The first-order valence-corrected chi connectivity index (χ1v) is 8.58. The largest absolute Gasteiger partial charge is 0.445 e. The molecule has 0 heterocycles. The van der Waals surface area contributed by atoms with Crippen molar-refractivity contribution in [3.63, 3.8) is 0 Å². The van der Waals surface area contributed by atoms with E-state index in [1.165, 1.54) is 5.56 Å². The van der Waals surface area contributed by atoms with Gasteiger partial charge in [0.2, 0.25) is 0 Å². The van der Waals surface area contributed by atoms with Gasteiger partial charge in [-0.05, 0) is 11.1 Å². The molecule has 4 nitrogen and oxygen atoms in total. The molecule has 24 heavy (non-hydrogen) atoms. The zero-order valence-electron chi connectivity index (χ0n) is 13.7. The molecule has 0 aromatic heterocycles. The highest BCUT2D eigenvalue weighted by Crippen LogP contribution is 2.04. The monoisotopic (exact) mass is 346 g/mol. The van der Waals surface area contributed by atoms with Crippen LogP contribution < -0.4 is 5.32 Å². The summed E-state index contributed by atoms with van der Waals surface area (Å²) in [6, 6.07) is 19.8. The van der Waals surface area contributed by atoms with Crippen LogP contribution in [0.25, 0.3) is 0 Å². The molecule has 2 aromatic rings. The first-order chi connectivity index (χ1) is 11.8. The molecule has 0 radical (unpaired) electrons. The minimum atomic E-state index is -0.399. The van der Waals surface area contributed by atoms with Crippen LogP contribution in [0.1, 0.15) is 11.1 Å². The third-order valence-electron chi connectivity index (χ3n) is 3.56. The SMILES string of the molecule is O=C(NCCN(CCCl)Cc1ccccc1)OCc1ccccc1. The molecule has 0 aliphatic heterocycles. The van der Waals surface area contributed by atoms with E-state index in [1.54, 1.807) is 0 Å². The number of carbonyl (C=O) groups excluding carboxylic acids is 1. The van der Waals surface area contributed by atoms with Crippen molar-refractivity contribution in [1.29, 1.82) is 0 Å². The van der Waals surface area contributed by atoms with Gasteiger partial charge >= 0.3 is 6.09 Å². The molecule has 2 rings (SSSR count). The molecule has 0 atom stereocenters. The van der Waals surface area contributed by atoms with E-state index >= 15 is 0 Å². The van der Waals surface area contributed by atoms with Gasteiger partial charge in [0.1, 0.15) is 6.61 Å². The second kappa shape index (κ2) is 10.7. The van der Waals surface area contributed by atoms with E-state index < -0.39 is 6.09 Å². The lowest BCUT2D eigenvalue weighted by atomic mass is 10.2. The van der Waals surface area contributed by atoms with Crippen LogP contribution in [-0.2, 0) is 17.9 Å². The van der Waals surface area contributed by atoms with E-state index in [2.05, 4.69) is 22.3 Å². The molecular formula is C19H23ClN2O2. The maximum Gasteiger partial charge on any atom is 0.407 e. The van der Waals surface area contributed by atoms with Crippen molar-refractivity contribution in [2.24, 2.45) is 0 Å². The van der Waals surface area contributed by atoms with Crippen LogP contribution in [0.2, 0.25) is 0 Å². The molecule has 0 spiro atoms. The van der Waals surface area contributed by atoms with Gasteiger partial charge in [0.25, 0.3) is 0 Å². The van der Waals surface area contributed by atoms with Gasteiger partial charge < -0.3 is 10.1 Å². The highest BCUT2D eigenvalue weighted by atomic mass is 35.5. The highest BCUT2D eigenvalue weighted by Gasteiger charge is 2.07. The van der Waals surface area contributed by atoms with Crippen LogP contribution in [0.3, 0.4) is 0 Å². The molecule has 5 heteroatoms. The summed E-state index contributed by atoms with van der Waals surface area (Å²) in [7, 11) is 0. The molecule has 2 aromatic carbocycles. The third kappa shape index (κ3) is 7.02. The number of carbonyl (C=O) groups is 1. The lowest BCUT2D eigenvalue weighted by molar-refractivity contribution is 0.138. The predicted molar refractivity (Wildman–Crippen MR) is 97.1 cm³/mol. The number of alkyl halides is 1. The molecule has 1 amide bonds. The Bertz CT molecular complexity index is 593. The fraction of sp³-hybridized carbons (Fsp3) is 0.316. The molecule has 0 aliphatic carbocycles. The fourth-order valence-electron chi connectivity index (χ4n) is 2.32. The van der Waals surface area contributed by atoms with Crippen molar-refractivity contribution in [3.05, 3.63) is 71.8 Å². The molecule has 0 fully saturated rings. The van der Waals surface area contributed by atoms with Crippen molar-refractivity contribution < 1.29 is 9.53 Å². The smallest absolute Gasteiger partial charge is 0.407 e. The molecule has 0 saturated heterocycles. The van der Waals surface area contributed by atoms with Gasteiger partial charge in [-0.1, -0.05) is 60.7 Å². The van der Waals surface area contributed by atoms with Crippen molar-refractivity contribution in [3.8, 4) is 0 Å². The number of hydrogen-bond acceptors (Lipinski definition) is 3. The molecule has 1 N–H and O–H groups in total. The molecule has 0 saturated carbocycles. The summed E-state index contributed by atoms with van der Waals surface area (Å²) in [6.07, 6.45) is -0.399. The Morgan fingerprint density at radius 2 is 1.58 bits per heavy atom. The Kier molecular flexibility index (Phi) is 8.15. The van der Waals surface area contributed by atoms with Crippen molar-refractivity contribution in [2.45, 2.75) is 13.2 Å². The van der Waals surface area contributed by atoms with Crippen LogP contribution in [0.15, 0.2) is 60.7 Å². The second-order valence-corrected chi connectivity index (χ2v) is 5.82. The van der Waals surface area contributed by atoms with Crippen LogP contribution in [0.5, 0.6) is 0 Å². The van der Waals surface area contributed by atoms with Gasteiger partial charge in [-0.2, -0.15) is 0 Å². The number of hydrogen-bond donors (Lipinski definition) is 1. The zero-order valence-corrected chi connectivity index (χ0v) is 14.4. The number of rotatable bonds is 9. The lowest BCUT2D eigenvalue weighted by Gasteiger charge is -2.21. The van der Waals surface area contributed by atoms with Gasteiger partial charge in [0.05, 0.1) is 0 Å². The summed E-state index contributed by atoms with van der Waals surface area (Å²) >= 11 is 5.87. The van der Waals surface area contributed by atoms with E-state index in [9.17, 15) is 4.79 Å². The average Bonchev–Trinajstić information content (AvgIpc) is 2.62. The maximum atomic E-state index is 11.7. The number of ether oxygens (including phenoxy) is 1. The third-order valence-corrected chi connectivity index (χ3v) is 3.73. The van der Waals surface area contributed by atoms with Gasteiger partial charge in [-0.3, -0.25) is 4.90 Å². The fourth-order valence-corrected chi connectivity index (χ4v) is 2.56. The molecule has 0 aliphatic rings. The summed E-state index contributed by atoms with van der Waals surface area (Å²) in [6.45, 7) is 3.12. The Labute approximate surface area is 148 Å². The van der Waals surface area contributed by atoms with E-state index in [-0.39, 0.29) is 6.61 Å². The number of halogens is 1. The summed E-state index contributed by atoms with van der Waals surface area (Å²) < 4.78 is 5.19. The van der Waals surface area contributed by atoms with Crippen LogP contribution >= 0.6 is 11.6 Å². The summed E-state index contributed by atoms with van der Waals surface area (Å²) in [5, 5.41) is 2.78. The van der Waals surface area contributed by atoms with Crippen molar-refractivity contribution >= 4 is 17.7 Å². The molecule has 128 valence electrons. The quantitative estimate of drug-likeness (QED) is 0.705. The van der Waals surface area contributed by atoms with Crippen LogP contribution in [-0.4, -0.2) is 36.5 Å².